The summed E-state index contributed by atoms with van der Waals surface area (Å²) in [5, 5.41) is 0. The van der Waals surface area contributed by atoms with Crippen LogP contribution in [0.15, 0.2) is 18.2 Å². The molecule has 3 saturated heterocycles. The van der Waals surface area contributed by atoms with E-state index in [1.807, 2.05) is 0 Å². The van der Waals surface area contributed by atoms with Crippen LogP contribution in [0.4, 0.5) is 0 Å². The van der Waals surface area contributed by atoms with Crippen molar-refractivity contribution in [3.63, 3.8) is 0 Å². The number of likely N-dealkylation sites (N-methyl/N-ethyl adjacent to an activating group) is 1. The number of fused-ring (bicyclic) bond motifs is 2. The predicted octanol–water partition coefficient (Wildman–Crippen LogP) is 1.71. The van der Waals surface area contributed by atoms with E-state index >= 15 is 0 Å². The molecule has 0 N–H and O–H groups in total. The third-order valence-corrected chi connectivity index (χ3v) is 7.58. The van der Waals surface area contributed by atoms with Crippen molar-refractivity contribution in [3.8, 4) is 0 Å². The van der Waals surface area contributed by atoms with Crippen molar-refractivity contribution in [3.05, 3.63) is 34.9 Å². The minimum absolute atomic E-state index is 0.246. The molecule has 1 aromatic rings. The molecule has 3 aliphatic heterocycles. The number of piperazine rings is 2. The fourth-order valence-corrected chi connectivity index (χ4v) is 5.73. The van der Waals surface area contributed by atoms with E-state index in [0.717, 1.165) is 38.0 Å². The van der Waals surface area contributed by atoms with Gasteiger partial charge in [-0.15, -0.1) is 0 Å². The summed E-state index contributed by atoms with van der Waals surface area (Å²) in [5.41, 5.74) is 3.78. The maximum Gasteiger partial charge on any atom is 0.253 e. The second-order valence-electron chi connectivity index (χ2n) is 9.30. The van der Waals surface area contributed by atoms with Crippen LogP contribution in [-0.2, 0) is 12.8 Å². The molecule has 5 rings (SSSR count). The molecule has 0 spiro atoms. The third kappa shape index (κ3) is 3.60. The maximum atomic E-state index is 13.1. The van der Waals surface area contributed by atoms with Crippen LogP contribution in [0.3, 0.4) is 0 Å². The van der Waals surface area contributed by atoms with Crippen molar-refractivity contribution in [2.24, 2.45) is 0 Å². The molecule has 0 unspecified atom stereocenters. The predicted molar refractivity (Wildman–Crippen MR) is 112 cm³/mol. The Balaban J connectivity index is 1.25. The van der Waals surface area contributed by atoms with Crippen LogP contribution in [0, 0.1) is 0 Å². The minimum atomic E-state index is 0.246. The molecule has 0 radical (unpaired) electrons. The number of hydrogen-bond donors (Lipinski definition) is 0. The summed E-state index contributed by atoms with van der Waals surface area (Å²) in [6, 6.07) is 7.82. The minimum Gasteiger partial charge on any atom is -0.336 e. The fourth-order valence-electron chi connectivity index (χ4n) is 5.73. The Morgan fingerprint density at radius 2 is 1.68 bits per heavy atom. The molecule has 1 amide bonds. The van der Waals surface area contributed by atoms with Gasteiger partial charge in [0.15, 0.2) is 0 Å². The van der Waals surface area contributed by atoms with Gasteiger partial charge < -0.3 is 9.80 Å². The quantitative estimate of drug-likeness (QED) is 0.779. The molecule has 3 fully saturated rings. The topological polar surface area (TPSA) is 30.0 Å². The molecule has 0 bridgehead atoms. The Hall–Kier alpha value is -1.43. The van der Waals surface area contributed by atoms with Crippen LogP contribution in [0.25, 0.3) is 0 Å². The standard InChI is InChI=1S/C23H34N4O/c1-24-9-11-26(12-10-24)21-7-6-18-15-20(5-4-19(18)16-21)23(28)27-14-13-25-8-2-3-22(25)17-27/h4-5,15,21-22H,2-3,6-14,16-17H2,1H3/t21-,22+/m0/s1. The van der Waals surface area contributed by atoms with Crippen molar-refractivity contribution in [2.45, 2.75) is 44.2 Å². The van der Waals surface area contributed by atoms with Gasteiger partial charge >= 0.3 is 0 Å². The molecule has 5 heteroatoms. The summed E-state index contributed by atoms with van der Waals surface area (Å²) >= 11 is 0. The second kappa shape index (κ2) is 7.77. The van der Waals surface area contributed by atoms with E-state index in [2.05, 4.69) is 44.8 Å². The first kappa shape index (κ1) is 18.6. The highest BCUT2D eigenvalue weighted by Crippen LogP contribution is 2.28. The molecule has 2 atom stereocenters. The van der Waals surface area contributed by atoms with Crippen LogP contribution in [0.5, 0.6) is 0 Å². The maximum absolute atomic E-state index is 13.1. The Bertz CT molecular complexity index is 727. The zero-order chi connectivity index (χ0) is 19.1. The van der Waals surface area contributed by atoms with Gasteiger partial charge in [0.2, 0.25) is 0 Å². The van der Waals surface area contributed by atoms with Gasteiger partial charge in [0, 0.05) is 63.5 Å². The summed E-state index contributed by atoms with van der Waals surface area (Å²) in [6.07, 6.45) is 6.04. The highest BCUT2D eigenvalue weighted by Gasteiger charge is 2.33. The highest BCUT2D eigenvalue weighted by atomic mass is 16.2. The number of carbonyl (C=O) groups is 1. The molecule has 0 saturated carbocycles. The summed E-state index contributed by atoms with van der Waals surface area (Å²) in [5.74, 6) is 0.246. The molecule has 4 aliphatic rings. The van der Waals surface area contributed by atoms with Gasteiger partial charge in [-0.1, -0.05) is 6.07 Å². The van der Waals surface area contributed by atoms with Crippen molar-refractivity contribution < 1.29 is 4.79 Å². The average Bonchev–Trinajstić information content (AvgIpc) is 3.21. The van der Waals surface area contributed by atoms with E-state index in [1.165, 1.54) is 63.1 Å². The van der Waals surface area contributed by atoms with Gasteiger partial charge in [0.1, 0.15) is 0 Å². The van der Waals surface area contributed by atoms with Crippen molar-refractivity contribution >= 4 is 5.91 Å². The van der Waals surface area contributed by atoms with E-state index in [1.54, 1.807) is 0 Å². The van der Waals surface area contributed by atoms with Crippen LogP contribution in [0.1, 0.15) is 40.7 Å². The Labute approximate surface area is 169 Å². The first-order valence-electron chi connectivity index (χ1n) is 11.2. The van der Waals surface area contributed by atoms with Crippen LogP contribution < -0.4 is 0 Å². The van der Waals surface area contributed by atoms with Gasteiger partial charge in [-0.3, -0.25) is 14.6 Å². The number of nitrogens with zero attached hydrogens (tertiary/aromatic N) is 4. The summed E-state index contributed by atoms with van der Waals surface area (Å²) in [6.45, 7) is 8.84. The number of hydrogen-bond acceptors (Lipinski definition) is 4. The lowest BCUT2D eigenvalue weighted by Crippen LogP contribution is -2.52. The van der Waals surface area contributed by atoms with E-state index in [4.69, 9.17) is 0 Å². The number of aryl methyl sites for hydroxylation is 1. The monoisotopic (exact) mass is 382 g/mol. The lowest BCUT2D eigenvalue weighted by atomic mass is 9.86. The van der Waals surface area contributed by atoms with Crippen LogP contribution >= 0.6 is 0 Å². The fraction of sp³-hybridized carbons (Fsp3) is 0.696. The first-order chi connectivity index (χ1) is 13.7. The van der Waals surface area contributed by atoms with Crippen molar-refractivity contribution in [1.82, 2.24) is 19.6 Å². The number of carbonyl (C=O) groups excluding carboxylic acids is 1. The Morgan fingerprint density at radius 3 is 2.54 bits per heavy atom. The van der Waals surface area contributed by atoms with Crippen LogP contribution in [0.2, 0.25) is 0 Å². The van der Waals surface area contributed by atoms with Crippen LogP contribution in [-0.4, -0.2) is 97.0 Å². The molecule has 28 heavy (non-hydrogen) atoms. The molecule has 1 aliphatic carbocycles. The smallest absolute Gasteiger partial charge is 0.253 e. The third-order valence-electron chi connectivity index (χ3n) is 7.58. The van der Waals surface area contributed by atoms with Gasteiger partial charge in [-0.2, -0.15) is 0 Å². The van der Waals surface area contributed by atoms with Crippen molar-refractivity contribution in [1.29, 1.82) is 0 Å². The largest absolute Gasteiger partial charge is 0.336 e. The Kier molecular flexibility index (Phi) is 5.16. The lowest BCUT2D eigenvalue weighted by molar-refractivity contribution is 0.0571. The van der Waals surface area contributed by atoms with Gasteiger partial charge in [0.25, 0.3) is 5.91 Å². The van der Waals surface area contributed by atoms with Gasteiger partial charge in [0.05, 0.1) is 0 Å². The SMILES string of the molecule is CN1CCN([C@H]2CCc3cc(C(=O)N4CCN5CCC[C@@H]5C4)ccc3C2)CC1. The molecule has 5 nitrogen and oxygen atoms in total. The molecule has 152 valence electrons. The van der Waals surface area contributed by atoms with E-state index in [9.17, 15) is 4.79 Å². The summed E-state index contributed by atoms with van der Waals surface area (Å²) in [7, 11) is 2.22. The van der Waals surface area contributed by atoms with Gasteiger partial charge in [-0.25, -0.2) is 0 Å². The van der Waals surface area contributed by atoms with E-state index in [0.29, 0.717) is 12.1 Å². The summed E-state index contributed by atoms with van der Waals surface area (Å²) in [4.78, 5) is 22.9. The second-order valence-corrected chi connectivity index (χ2v) is 9.30. The normalized spacial score (nSPS) is 29.5. The molecule has 3 heterocycles. The number of benzene rings is 1. The van der Waals surface area contributed by atoms with Gasteiger partial charge in [-0.05, 0) is 69.0 Å². The Morgan fingerprint density at radius 1 is 0.893 bits per heavy atom. The zero-order valence-electron chi connectivity index (χ0n) is 17.3. The van der Waals surface area contributed by atoms with Crippen molar-refractivity contribution in [2.75, 3.05) is 59.4 Å². The molecular formula is C23H34N4O. The average molecular weight is 383 g/mol. The molecule has 0 aromatic heterocycles. The summed E-state index contributed by atoms with van der Waals surface area (Å²) < 4.78 is 0. The molecular weight excluding hydrogens is 348 g/mol. The molecule has 1 aromatic carbocycles. The zero-order valence-corrected chi connectivity index (χ0v) is 17.3. The van der Waals surface area contributed by atoms with E-state index in [-0.39, 0.29) is 5.91 Å². The first-order valence-corrected chi connectivity index (χ1v) is 11.2. The highest BCUT2D eigenvalue weighted by molar-refractivity contribution is 5.94. The lowest BCUT2D eigenvalue weighted by Gasteiger charge is -2.40. The number of rotatable bonds is 2. The van der Waals surface area contributed by atoms with E-state index < -0.39 is 0 Å². The number of amides is 1.